The number of primary amides is 1. The highest BCUT2D eigenvalue weighted by atomic mass is 16.3. The SMILES string of the molecule is CCC#Cc1ccc(O)c2c1C[C@H]1C[C@H]3[C@H](N(C)C)C(O)=C(C(N)=O)C(=O)[C@@]3(O)C(O)=C1C2=O. The Morgan fingerprint density at radius 3 is 2.50 bits per heavy atom. The number of aliphatic hydroxyl groups is 3. The van der Waals surface area contributed by atoms with Crippen molar-refractivity contribution in [3.05, 3.63) is 51.5 Å². The molecule has 0 bridgehead atoms. The smallest absolute Gasteiger partial charge is 0.255 e. The molecule has 6 N–H and O–H groups in total. The number of carbonyl (C=O) groups is 3. The van der Waals surface area contributed by atoms with Crippen LogP contribution in [0.15, 0.2) is 34.8 Å². The molecule has 1 amide bonds. The first kappa shape index (κ1) is 23.5. The summed E-state index contributed by atoms with van der Waals surface area (Å²) >= 11 is 0. The molecular weight excluding hydrogens is 440 g/mol. The fourth-order valence-electron chi connectivity index (χ4n) is 5.55. The first-order valence-corrected chi connectivity index (χ1v) is 10.9. The molecule has 34 heavy (non-hydrogen) atoms. The van der Waals surface area contributed by atoms with E-state index in [1.165, 1.54) is 11.0 Å². The third kappa shape index (κ3) is 3.06. The highest BCUT2D eigenvalue weighted by Crippen LogP contribution is 2.52. The Kier molecular flexibility index (Phi) is 5.55. The number of nitrogens with two attached hydrogens (primary N) is 1. The molecule has 0 aromatic heterocycles. The lowest BCUT2D eigenvalue weighted by Gasteiger charge is -2.50. The summed E-state index contributed by atoms with van der Waals surface area (Å²) < 4.78 is 0. The van der Waals surface area contributed by atoms with E-state index in [9.17, 15) is 34.8 Å². The van der Waals surface area contributed by atoms with Crippen molar-refractivity contribution in [2.75, 3.05) is 14.1 Å². The fourth-order valence-corrected chi connectivity index (χ4v) is 5.55. The molecule has 1 aromatic carbocycles. The van der Waals surface area contributed by atoms with Crippen LogP contribution in [-0.4, -0.2) is 68.5 Å². The molecule has 0 unspecified atom stereocenters. The van der Waals surface area contributed by atoms with Gasteiger partial charge in [0.05, 0.1) is 11.6 Å². The molecule has 0 fully saturated rings. The summed E-state index contributed by atoms with van der Waals surface area (Å²) in [5, 5.41) is 44.0. The van der Waals surface area contributed by atoms with E-state index in [4.69, 9.17) is 5.73 Å². The number of fused-ring (bicyclic) bond motifs is 3. The summed E-state index contributed by atoms with van der Waals surface area (Å²) in [5.74, 6) is -0.720. The molecule has 9 nitrogen and oxygen atoms in total. The van der Waals surface area contributed by atoms with E-state index in [1.807, 2.05) is 6.92 Å². The van der Waals surface area contributed by atoms with Crippen LogP contribution in [0.25, 0.3) is 0 Å². The van der Waals surface area contributed by atoms with Gasteiger partial charge in [0.2, 0.25) is 5.78 Å². The first-order chi connectivity index (χ1) is 16.0. The van der Waals surface area contributed by atoms with Crippen molar-refractivity contribution in [2.45, 2.75) is 37.8 Å². The van der Waals surface area contributed by atoms with Crippen molar-refractivity contribution in [3.8, 4) is 17.6 Å². The number of phenolic OH excluding ortho intramolecular Hbond substituents is 1. The lowest BCUT2D eigenvalue weighted by Crippen LogP contribution is -2.63. The number of nitrogens with zero attached hydrogens (tertiary/aromatic N) is 1. The number of allylic oxidation sites excluding steroid dienone is 1. The molecule has 9 heteroatoms. The number of aromatic hydroxyl groups is 1. The maximum absolute atomic E-state index is 13.5. The Labute approximate surface area is 196 Å². The third-order valence-corrected chi connectivity index (χ3v) is 7.01. The number of hydrogen-bond donors (Lipinski definition) is 5. The van der Waals surface area contributed by atoms with Gasteiger partial charge in [-0.2, -0.15) is 0 Å². The number of phenols is 1. The Balaban J connectivity index is 1.96. The number of aliphatic hydroxyl groups excluding tert-OH is 2. The van der Waals surface area contributed by atoms with Crippen LogP contribution in [0.3, 0.4) is 0 Å². The molecule has 0 radical (unpaired) electrons. The second-order valence-electron chi connectivity index (χ2n) is 9.10. The largest absolute Gasteiger partial charge is 0.510 e. The van der Waals surface area contributed by atoms with E-state index < -0.39 is 58.0 Å². The van der Waals surface area contributed by atoms with Crippen molar-refractivity contribution < 1.29 is 34.8 Å². The van der Waals surface area contributed by atoms with E-state index >= 15 is 0 Å². The second kappa shape index (κ2) is 8.01. The highest BCUT2D eigenvalue weighted by molar-refractivity contribution is 6.24. The molecule has 178 valence electrons. The van der Waals surface area contributed by atoms with Crippen LogP contribution >= 0.6 is 0 Å². The Morgan fingerprint density at radius 2 is 1.91 bits per heavy atom. The predicted molar refractivity (Wildman–Crippen MR) is 121 cm³/mol. The maximum atomic E-state index is 13.5. The number of hydrogen-bond acceptors (Lipinski definition) is 8. The van der Waals surface area contributed by atoms with Gasteiger partial charge in [0.15, 0.2) is 11.4 Å². The molecule has 0 heterocycles. The topological polar surface area (TPSA) is 161 Å². The number of benzene rings is 1. The molecular formula is C25H26N2O7. The van der Waals surface area contributed by atoms with Crippen molar-refractivity contribution in [1.82, 2.24) is 4.90 Å². The minimum absolute atomic E-state index is 0.0383. The van der Waals surface area contributed by atoms with Crippen molar-refractivity contribution in [1.29, 1.82) is 0 Å². The Morgan fingerprint density at radius 1 is 1.24 bits per heavy atom. The van der Waals surface area contributed by atoms with Gasteiger partial charge in [0, 0.05) is 23.5 Å². The van der Waals surface area contributed by atoms with Gasteiger partial charge < -0.3 is 26.2 Å². The van der Waals surface area contributed by atoms with Crippen molar-refractivity contribution >= 4 is 17.5 Å². The normalized spacial score (nSPS) is 28.2. The zero-order valence-corrected chi connectivity index (χ0v) is 19.0. The summed E-state index contributed by atoms with van der Waals surface area (Å²) in [5.41, 5.74) is 2.73. The number of rotatable bonds is 2. The Hall–Kier alpha value is -3.61. The quantitative estimate of drug-likeness (QED) is 0.317. The number of ketones is 2. The van der Waals surface area contributed by atoms with Crippen LogP contribution < -0.4 is 5.73 Å². The number of likely N-dealkylation sites (N-methyl/N-ethyl adjacent to an activating group) is 1. The van der Waals surface area contributed by atoms with Crippen molar-refractivity contribution in [2.24, 2.45) is 17.6 Å². The molecule has 0 spiro atoms. The van der Waals surface area contributed by atoms with Crippen molar-refractivity contribution in [3.63, 3.8) is 0 Å². The van der Waals surface area contributed by atoms with Gasteiger partial charge in [0.25, 0.3) is 5.91 Å². The summed E-state index contributed by atoms with van der Waals surface area (Å²) in [4.78, 5) is 40.2. The molecule has 1 aromatic rings. The second-order valence-corrected chi connectivity index (χ2v) is 9.10. The number of amides is 1. The van der Waals surface area contributed by atoms with E-state index in [0.717, 1.165) is 0 Å². The van der Waals surface area contributed by atoms with Crippen LogP contribution in [0, 0.1) is 23.7 Å². The molecule has 3 aliphatic rings. The van der Waals surface area contributed by atoms with Crippen LogP contribution in [0.2, 0.25) is 0 Å². The highest BCUT2D eigenvalue weighted by Gasteiger charge is 2.63. The fraction of sp³-hybridized carbons (Fsp3) is 0.400. The zero-order chi connectivity index (χ0) is 25.1. The van der Waals surface area contributed by atoms with Crippen LogP contribution in [-0.2, 0) is 16.0 Å². The van der Waals surface area contributed by atoms with E-state index in [1.54, 1.807) is 20.2 Å². The maximum Gasteiger partial charge on any atom is 0.255 e. The molecule has 3 aliphatic carbocycles. The monoisotopic (exact) mass is 466 g/mol. The third-order valence-electron chi connectivity index (χ3n) is 7.01. The standard InChI is InChI=1S/C25H26N2O7/c1-4-5-6-11-7-8-15(28)17-13(11)9-12-10-14-19(27(2)3)21(30)18(24(26)33)23(32)25(14,34)22(31)16(12)20(17)29/h7-8,12,14,19,28,30-31,34H,4,9-10H2,1-3H3,(H2,26,33)/t12-,14-,19-,25-/m0/s1. The van der Waals surface area contributed by atoms with E-state index in [-0.39, 0.29) is 29.7 Å². The predicted octanol–water partition coefficient (Wildman–Crippen LogP) is 0.882. The summed E-state index contributed by atoms with van der Waals surface area (Å²) in [6, 6.07) is 1.95. The lowest BCUT2D eigenvalue weighted by atomic mass is 9.58. The van der Waals surface area contributed by atoms with Gasteiger partial charge in [-0.3, -0.25) is 19.3 Å². The van der Waals surface area contributed by atoms with Gasteiger partial charge in [-0.1, -0.05) is 18.8 Å². The van der Waals surface area contributed by atoms with E-state index in [0.29, 0.717) is 17.5 Å². The average Bonchev–Trinajstić information content (AvgIpc) is 2.75. The lowest BCUT2D eigenvalue weighted by molar-refractivity contribution is -0.148. The van der Waals surface area contributed by atoms with Gasteiger partial charge in [-0.05, 0) is 50.6 Å². The summed E-state index contributed by atoms with van der Waals surface area (Å²) in [7, 11) is 3.17. The summed E-state index contributed by atoms with van der Waals surface area (Å²) in [6.45, 7) is 1.88. The number of carbonyl (C=O) groups excluding carboxylic acids is 3. The zero-order valence-electron chi connectivity index (χ0n) is 19.0. The van der Waals surface area contributed by atoms with Crippen LogP contribution in [0.1, 0.15) is 41.3 Å². The minimum Gasteiger partial charge on any atom is -0.510 e. The Bertz CT molecular complexity index is 1260. The summed E-state index contributed by atoms with van der Waals surface area (Å²) in [6.07, 6.45) is 0.854. The van der Waals surface area contributed by atoms with Crippen LogP contribution in [0.5, 0.6) is 5.75 Å². The average molecular weight is 466 g/mol. The first-order valence-electron chi connectivity index (χ1n) is 10.9. The van der Waals surface area contributed by atoms with Gasteiger partial charge in [0.1, 0.15) is 22.8 Å². The molecule has 0 saturated carbocycles. The molecule has 0 saturated heterocycles. The van der Waals surface area contributed by atoms with Gasteiger partial charge >= 0.3 is 0 Å². The molecule has 4 rings (SSSR count). The number of Topliss-reactive ketones (excluding diaryl/α,β-unsaturated/α-hetero) is 2. The molecule has 4 atom stereocenters. The van der Waals surface area contributed by atoms with Crippen LogP contribution in [0.4, 0.5) is 0 Å². The minimum atomic E-state index is -2.64. The van der Waals surface area contributed by atoms with Gasteiger partial charge in [-0.15, -0.1) is 0 Å². The van der Waals surface area contributed by atoms with E-state index in [2.05, 4.69) is 11.8 Å². The van der Waals surface area contributed by atoms with Gasteiger partial charge in [-0.25, -0.2) is 0 Å². The molecule has 0 aliphatic heterocycles.